The first-order valence-electron chi connectivity index (χ1n) is 8.02. The van der Waals surface area contributed by atoms with Gasteiger partial charge in [0.25, 0.3) is 0 Å². The van der Waals surface area contributed by atoms with Gasteiger partial charge in [-0.15, -0.1) is 0 Å². The summed E-state index contributed by atoms with van der Waals surface area (Å²) in [5, 5.41) is 2.58. The van der Waals surface area contributed by atoms with Gasteiger partial charge in [-0.3, -0.25) is 0 Å². The van der Waals surface area contributed by atoms with Crippen molar-refractivity contribution in [3.05, 3.63) is 83.9 Å². The normalized spacial score (nSPS) is 14.1. The monoisotopic (exact) mass is 295 g/mol. The fourth-order valence-corrected chi connectivity index (χ4v) is 3.32. The van der Waals surface area contributed by atoms with Crippen LogP contribution in [0.2, 0.25) is 0 Å². The second kappa shape index (κ2) is 5.62. The molecule has 110 valence electrons. The summed E-state index contributed by atoms with van der Waals surface area (Å²) >= 11 is 0. The van der Waals surface area contributed by atoms with Gasteiger partial charge in [-0.1, -0.05) is 55.1 Å². The maximum absolute atomic E-state index is 6.07. The molecule has 0 aromatic heterocycles. The number of rotatable bonds is 2. The topological polar surface area (TPSA) is 3.24 Å². The zero-order chi connectivity index (χ0) is 15.8. The number of nitrogens with zero attached hydrogens (tertiary/aromatic N) is 1. The highest BCUT2D eigenvalue weighted by Crippen LogP contribution is 2.33. The molecule has 0 bridgehead atoms. The second-order valence-electron chi connectivity index (χ2n) is 6.26. The first-order valence-corrected chi connectivity index (χ1v) is 8.02. The minimum atomic E-state index is 0.843. The third kappa shape index (κ3) is 2.65. The van der Waals surface area contributed by atoms with E-state index >= 15 is 0 Å². The summed E-state index contributed by atoms with van der Waals surface area (Å²) in [5.41, 5.74) is 6.09. The summed E-state index contributed by atoms with van der Waals surface area (Å²) in [6, 6.07) is 21.7. The minimum Gasteiger partial charge on any atom is -0.424 e. The molecule has 2 radical (unpaired) electrons. The van der Waals surface area contributed by atoms with Crippen LogP contribution in [0.3, 0.4) is 0 Å². The van der Waals surface area contributed by atoms with E-state index in [-0.39, 0.29) is 0 Å². The Morgan fingerprint density at radius 1 is 0.913 bits per heavy atom. The predicted octanol–water partition coefficient (Wildman–Crippen LogP) is 4.74. The first-order chi connectivity index (χ1) is 11.2. The van der Waals surface area contributed by atoms with Crippen LogP contribution in [0.5, 0.6) is 0 Å². The molecular weight excluding hydrogens is 277 g/mol. The Bertz CT molecular complexity index is 897. The minimum absolute atomic E-state index is 0.843. The molecule has 1 aliphatic heterocycles. The molecule has 2 heteroatoms. The Kier molecular flexibility index (Phi) is 3.46. The van der Waals surface area contributed by atoms with Gasteiger partial charge in [-0.2, -0.15) is 0 Å². The molecule has 0 amide bonds. The van der Waals surface area contributed by atoms with Crippen molar-refractivity contribution in [2.75, 3.05) is 11.4 Å². The van der Waals surface area contributed by atoms with Crippen molar-refractivity contribution in [3.8, 4) is 0 Å². The van der Waals surface area contributed by atoms with Crippen LogP contribution in [0.25, 0.3) is 16.3 Å². The van der Waals surface area contributed by atoms with E-state index in [2.05, 4.69) is 67.2 Å². The second-order valence-corrected chi connectivity index (χ2v) is 6.26. The van der Waals surface area contributed by atoms with Crippen LogP contribution in [0.4, 0.5) is 5.69 Å². The summed E-state index contributed by atoms with van der Waals surface area (Å²) in [7, 11) is 6.07. The molecule has 23 heavy (non-hydrogen) atoms. The van der Waals surface area contributed by atoms with Gasteiger partial charge in [0.1, 0.15) is 0 Å². The van der Waals surface area contributed by atoms with Crippen molar-refractivity contribution in [2.45, 2.75) is 12.8 Å². The van der Waals surface area contributed by atoms with E-state index in [0.29, 0.717) is 0 Å². The van der Waals surface area contributed by atoms with Gasteiger partial charge in [0.15, 0.2) is 0 Å². The third-order valence-electron chi connectivity index (χ3n) is 4.63. The SMILES string of the molecule is [B]N1CCC(=C)c2cc(Cc3ccc4ccccc4c3)ccc21. The molecule has 1 nitrogen and oxygen atoms in total. The van der Waals surface area contributed by atoms with Crippen molar-refractivity contribution in [1.82, 2.24) is 0 Å². The van der Waals surface area contributed by atoms with Crippen LogP contribution >= 0.6 is 0 Å². The number of hydrogen-bond donors (Lipinski definition) is 0. The molecule has 1 heterocycles. The fourth-order valence-electron chi connectivity index (χ4n) is 3.32. The number of fused-ring (bicyclic) bond motifs is 2. The molecule has 0 saturated heterocycles. The number of anilines is 1. The molecule has 0 unspecified atom stereocenters. The third-order valence-corrected chi connectivity index (χ3v) is 4.63. The van der Waals surface area contributed by atoms with Gasteiger partial charge < -0.3 is 4.81 Å². The number of benzene rings is 3. The van der Waals surface area contributed by atoms with Gasteiger partial charge in [-0.05, 0) is 58.0 Å². The molecular formula is C21H18BN. The molecule has 0 aliphatic carbocycles. The summed E-state index contributed by atoms with van der Waals surface area (Å²) in [5.74, 6) is 0. The van der Waals surface area contributed by atoms with Gasteiger partial charge in [0, 0.05) is 12.2 Å². The quantitative estimate of drug-likeness (QED) is 0.617. The summed E-state index contributed by atoms with van der Waals surface area (Å²) in [4.78, 5) is 1.82. The van der Waals surface area contributed by atoms with E-state index in [1.807, 2.05) is 4.81 Å². The molecule has 3 aromatic rings. The highest BCUT2D eigenvalue weighted by molar-refractivity contribution is 6.19. The lowest BCUT2D eigenvalue weighted by molar-refractivity contribution is 0.972. The van der Waals surface area contributed by atoms with Crippen molar-refractivity contribution in [1.29, 1.82) is 0 Å². The molecule has 0 fully saturated rings. The largest absolute Gasteiger partial charge is 0.424 e. The average Bonchev–Trinajstić information content (AvgIpc) is 2.58. The Morgan fingerprint density at radius 3 is 2.52 bits per heavy atom. The van der Waals surface area contributed by atoms with Crippen molar-refractivity contribution in [2.24, 2.45) is 0 Å². The molecule has 0 saturated carbocycles. The van der Waals surface area contributed by atoms with E-state index < -0.39 is 0 Å². The van der Waals surface area contributed by atoms with Crippen LogP contribution in [0.15, 0.2) is 67.2 Å². The van der Waals surface area contributed by atoms with Crippen molar-refractivity contribution >= 4 is 30.0 Å². The molecule has 1 aliphatic rings. The van der Waals surface area contributed by atoms with Gasteiger partial charge in [-0.25, -0.2) is 0 Å². The lowest BCUT2D eigenvalue weighted by Gasteiger charge is -2.30. The highest BCUT2D eigenvalue weighted by atomic mass is 15.0. The van der Waals surface area contributed by atoms with Crippen LogP contribution in [-0.2, 0) is 6.42 Å². The van der Waals surface area contributed by atoms with E-state index in [1.165, 1.54) is 33.0 Å². The molecule has 3 aromatic carbocycles. The highest BCUT2D eigenvalue weighted by Gasteiger charge is 2.16. The smallest absolute Gasteiger partial charge is 0.226 e. The van der Waals surface area contributed by atoms with Gasteiger partial charge in [0.05, 0.1) is 0 Å². The maximum atomic E-state index is 6.07. The predicted molar refractivity (Wildman–Crippen MR) is 99.9 cm³/mol. The van der Waals surface area contributed by atoms with Crippen molar-refractivity contribution < 1.29 is 0 Å². The van der Waals surface area contributed by atoms with E-state index in [0.717, 1.165) is 25.1 Å². The molecule has 0 spiro atoms. The summed E-state index contributed by atoms with van der Waals surface area (Å²) in [6.45, 7) is 5.04. The van der Waals surface area contributed by atoms with Gasteiger partial charge >= 0.3 is 0 Å². The van der Waals surface area contributed by atoms with Crippen LogP contribution in [-0.4, -0.2) is 14.5 Å². The van der Waals surface area contributed by atoms with Crippen LogP contribution in [0.1, 0.15) is 23.1 Å². The molecule has 4 rings (SSSR count). The lowest BCUT2D eigenvalue weighted by Crippen LogP contribution is -2.25. The van der Waals surface area contributed by atoms with E-state index in [9.17, 15) is 0 Å². The number of hydrogen-bond acceptors (Lipinski definition) is 1. The van der Waals surface area contributed by atoms with Gasteiger partial charge in [0.2, 0.25) is 7.98 Å². The molecule has 0 atom stereocenters. The van der Waals surface area contributed by atoms with E-state index in [1.54, 1.807) is 0 Å². The standard InChI is InChI=1S/C21H18BN/c1-15-10-11-23(22)21-9-7-17(14-20(15)21)12-16-6-8-18-4-2-3-5-19(18)13-16/h2-9,13-14H,1,10-12H2. The summed E-state index contributed by atoms with van der Waals surface area (Å²) in [6.07, 6.45) is 1.86. The zero-order valence-electron chi connectivity index (χ0n) is 13.1. The fraction of sp³-hybridized carbons (Fsp3) is 0.143. The lowest BCUT2D eigenvalue weighted by atomic mass is 9.91. The average molecular weight is 295 g/mol. The zero-order valence-corrected chi connectivity index (χ0v) is 13.1. The van der Waals surface area contributed by atoms with Crippen molar-refractivity contribution in [3.63, 3.8) is 0 Å². The van der Waals surface area contributed by atoms with E-state index in [4.69, 9.17) is 7.98 Å². The summed E-state index contributed by atoms with van der Waals surface area (Å²) < 4.78 is 0. The Hall–Kier alpha value is -2.48. The van der Waals surface area contributed by atoms with Crippen LogP contribution in [0, 0.1) is 0 Å². The Morgan fingerprint density at radius 2 is 1.65 bits per heavy atom. The Balaban J connectivity index is 1.68. The van der Waals surface area contributed by atoms with Crippen LogP contribution < -0.4 is 4.81 Å². The maximum Gasteiger partial charge on any atom is 0.226 e. The molecule has 0 N–H and O–H groups in total. The first kappa shape index (κ1) is 14.1. The Labute approximate surface area is 138 Å².